The van der Waals surface area contributed by atoms with Crippen LogP contribution in [0.2, 0.25) is 5.02 Å². The van der Waals surface area contributed by atoms with E-state index < -0.39 is 16.1 Å². The summed E-state index contributed by atoms with van der Waals surface area (Å²) in [6, 6.07) is 22.0. The number of sulfonamides is 1. The van der Waals surface area contributed by atoms with Crippen LogP contribution >= 0.6 is 11.6 Å². The van der Waals surface area contributed by atoms with Gasteiger partial charge in [-0.3, -0.25) is 13.9 Å². The number of amides is 2. The van der Waals surface area contributed by atoms with E-state index in [1.165, 1.54) is 17.0 Å². The molecule has 1 aliphatic rings. The van der Waals surface area contributed by atoms with Crippen molar-refractivity contribution < 1.29 is 18.0 Å². The van der Waals surface area contributed by atoms with Gasteiger partial charge in [0.25, 0.3) is 0 Å². The van der Waals surface area contributed by atoms with Gasteiger partial charge >= 0.3 is 0 Å². The zero-order valence-electron chi connectivity index (χ0n) is 26.0. The van der Waals surface area contributed by atoms with Crippen molar-refractivity contribution in [1.29, 1.82) is 0 Å². The second-order valence-corrected chi connectivity index (χ2v) is 14.3. The first-order chi connectivity index (χ1) is 21.0. The van der Waals surface area contributed by atoms with Gasteiger partial charge < -0.3 is 10.2 Å². The van der Waals surface area contributed by atoms with Crippen molar-refractivity contribution in [3.05, 3.63) is 100 Å². The van der Waals surface area contributed by atoms with Crippen molar-refractivity contribution in [2.45, 2.75) is 83.8 Å². The first-order valence-electron chi connectivity index (χ1n) is 15.4. The highest BCUT2D eigenvalue weighted by Gasteiger charge is 2.32. The molecule has 0 spiro atoms. The number of carbonyl (C=O) groups excluding carboxylic acids is 2. The SMILES string of the molecule is Cc1ccc(N(CCCC(=O)N(Cc2cccc(Cl)c2)C(Cc2ccccc2)C(=O)NC2CCCCC2)S(C)(=O)=O)cc1C. The maximum atomic E-state index is 14.1. The van der Waals surface area contributed by atoms with Gasteiger partial charge in [-0.15, -0.1) is 0 Å². The summed E-state index contributed by atoms with van der Waals surface area (Å²) in [7, 11) is -3.58. The fourth-order valence-corrected chi connectivity index (χ4v) is 6.99. The van der Waals surface area contributed by atoms with Gasteiger partial charge in [0.2, 0.25) is 21.8 Å². The van der Waals surface area contributed by atoms with Gasteiger partial charge in [-0.1, -0.05) is 79.4 Å². The molecule has 1 N–H and O–H groups in total. The second-order valence-electron chi connectivity index (χ2n) is 11.9. The molecule has 0 aliphatic heterocycles. The van der Waals surface area contributed by atoms with Crippen LogP contribution in [0.4, 0.5) is 5.69 Å². The first-order valence-corrected chi connectivity index (χ1v) is 17.7. The quantitative estimate of drug-likeness (QED) is 0.229. The fourth-order valence-electron chi connectivity index (χ4n) is 5.81. The van der Waals surface area contributed by atoms with E-state index in [0.29, 0.717) is 23.6 Å². The third-order valence-electron chi connectivity index (χ3n) is 8.40. The minimum atomic E-state index is -3.58. The molecule has 1 unspecified atom stereocenters. The van der Waals surface area contributed by atoms with Crippen LogP contribution in [-0.4, -0.2) is 50.0 Å². The summed E-state index contributed by atoms with van der Waals surface area (Å²) in [5, 5.41) is 3.80. The molecular weight excluding hydrogens is 594 g/mol. The van der Waals surface area contributed by atoms with E-state index in [0.717, 1.165) is 47.9 Å². The van der Waals surface area contributed by atoms with Crippen LogP contribution in [0.15, 0.2) is 72.8 Å². The van der Waals surface area contributed by atoms with Crippen molar-refractivity contribution >= 4 is 39.1 Å². The molecule has 1 saturated carbocycles. The number of halogens is 1. The maximum absolute atomic E-state index is 14.1. The van der Waals surface area contributed by atoms with Gasteiger partial charge in [0, 0.05) is 37.0 Å². The van der Waals surface area contributed by atoms with Crippen molar-refractivity contribution in [1.82, 2.24) is 10.2 Å². The molecule has 7 nitrogen and oxygen atoms in total. The molecule has 3 aromatic carbocycles. The minimum Gasteiger partial charge on any atom is -0.352 e. The van der Waals surface area contributed by atoms with Gasteiger partial charge in [0.1, 0.15) is 6.04 Å². The molecule has 0 saturated heterocycles. The normalized spacial score (nSPS) is 14.5. The average Bonchev–Trinajstić information content (AvgIpc) is 2.99. The Hall–Kier alpha value is -3.36. The molecule has 4 rings (SSSR count). The number of anilines is 1. The number of benzene rings is 3. The molecule has 9 heteroatoms. The van der Waals surface area contributed by atoms with Crippen molar-refractivity contribution in [3.63, 3.8) is 0 Å². The molecule has 0 radical (unpaired) electrons. The van der Waals surface area contributed by atoms with Gasteiger partial charge in [-0.25, -0.2) is 8.42 Å². The smallest absolute Gasteiger partial charge is 0.243 e. The zero-order chi connectivity index (χ0) is 31.7. The van der Waals surface area contributed by atoms with Crippen molar-refractivity contribution in [2.75, 3.05) is 17.1 Å². The molecule has 1 atom stereocenters. The van der Waals surface area contributed by atoms with Gasteiger partial charge in [0.05, 0.1) is 11.9 Å². The van der Waals surface area contributed by atoms with Crippen LogP contribution in [0.3, 0.4) is 0 Å². The monoisotopic (exact) mass is 637 g/mol. The Morgan fingerprint density at radius 2 is 1.61 bits per heavy atom. The van der Waals surface area contributed by atoms with E-state index in [1.54, 1.807) is 17.0 Å². The molecule has 0 heterocycles. The number of hydrogen-bond acceptors (Lipinski definition) is 4. The molecule has 0 bridgehead atoms. The lowest BCUT2D eigenvalue weighted by Gasteiger charge is -2.34. The Kier molecular flexibility index (Phi) is 11.9. The Balaban J connectivity index is 1.59. The van der Waals surface area contributed by atoms with E-state index in [4.69, 9.17) is 11.6 Å². The van der Waals surface area contributed by atoms with Crippen LogP contribution in [-0.2, 0) is 32.6 Å². The Morgan fingerprint density at radius 3 is 2.27 bits per heavy atom. The molecule has 0 aromatic heterocycles. The predicted molar refractivity (Wildman–Crippen MR) is 178 cm³/mol. The molecule has 2 amide bonds. The van der Waals surface area contributed by atoms with Crippen molar-refractivity contribution in [2.24, 2.45) is 0 Å². The largest absolute Gasteiger partial charge is 0.352 e. The Labute approximate surface area is 267 Å². The maximum Gasteiger partial charge on any atom is 0.243 e. The summed E-state index contributed by atoms with van der Waals surface area (Å²) in [6.45, 7) is 4.28. The van der Waals surface area contributed by atoms with E-state index in [1.807, 2.05) is 74.5 Å². The van der Waals surface area contributed by atoms with Gasteiger partial charge in [-0.2, -0.15) is 0 Å². The highest BCUT2D eigenvalue weighted by molar-refractivity contribution is 7.92. The topological polar surface area (TPSA) is 86.8 Å². The van der Waals surface area contributed by atoms with Gasteiger partial charge in [0.15, 0.2) is 0 Å². The number of nitrogens with zero attached hydrogens (tertiary/aromatic N) is 2. The van der Waals surface area contributed by atoms with E-state index in [9.17, 15) is 18.0 Å². The highest BCUT2D eigenvalue weighted by Crippen LogP contribution is 2.24. The molecule has 1 fully saturated rings. The number of rotatable bonds is 13. The summed E-state index contributed by atoms with van der Waals surface area (Å²) in [4.78, 5) is 29.7. The lowest BCUT2D eigenvalue weighted by atomic mass is 9.94. The summed E-state index contributed by atoms with van der Waals surface area (Å²) in [5.41, 5.74) is 4.42. The predicted octanol–water partition coefficient (Wildman–Crippen LogP) is 6.59. The van der Waals surface area contributed by atoms with E-state index in [2.05, 4.69) is 5.32 Å². The number of aryl methyl sites for hydroxylation is 2. The Bertz CT molecular complexity index is 1520. The Morgan fingerprint density at radius 1 is 0.909 bits per heavy atom. The fraction of sp³-hybridized carbons (Fsp3) is 0.429. The van der Waals surface area contributed by atoms with Crippen LogP contribution < -0.4 is 9.62 Å². The standard InChI is InChI=1S/C35H44ClN3O4S/c1-26-19-20-32(22-27(26)2)39(44(3,42)43)21-11-18-34(40)38(25-29-14-10-15-30(36)23-29)33(24-28-12-6-4-7-13-28)35(41)37-31-16-8-5-9-17-31/h4,6-7,10,12-15,19-20,22-23,31,33H,5,8-9,11,16-18,21,24-25H2,1-3H3,(H,37,41). The minimum absolute atomic E-state index is 0.0828. The number of hydrogen-bond donors (Lipinski definition) is 1. The summed E-state index contributed by atoms with van der Waals surface area (Å²) < 4.78 is 26.9. The van der Waals surface area contributed by atoms with Crippen molar-refractivity contribution in [3.8, 4) is 0 Å². The molecule has 1 aliphatic carbocycles. The summed E-state index contributed by atoms with van der Waals surface area (Å²) in [6.07, 6.45) is 7.13. The molecular formula is C35H44ClN3O4S. The summed E-state index contributed by atoms with van der Waals surface area (Å²) in [5.74, 6) is -0.373. The first kappa shape index (κ1) is 33.5. The summed E-state index contributed by atoms with van der Waals surface area (Å²) >= 11 is 6.30. The van der Waals surface area contributed by atoms with Gasteiger partial charge in [-0.05, 0) is 79.6 Å². The van der Waals surface area contributed by atoms with Crippen LogP contribution in [0.25, 0.3) is 0 Å². The zero-order valence-corrected chi connectivity index (χ0v) is 27.5. The average molecular weight is 638 g/mol. The lowest BCUT2D eigenvalue weighted by molar-refractivity contribution is -0.141. The molecule has 44 heavy (non-hydrogen) atoms. The third kappa shape index (κ3) is 9.57. The number of carbonyl (C=O) groups is 2. The number of nitrogens with one attached hydrogen (secondary N) is 1. The lowest BCUT2D eigenvalue weighted by Crippen LogP contribution is -2.52. The van der Waals surface area contributed by atoms with E-state index in [-0.39, 0.29) is 37.4 Å². The molecule has 236 valence electrons. The van der Waals surface area contributed by atoms with Crippen LogP contribution in [0.1, 0.15) is 67.2 Å². The molecule has 3 aromatic rings. The van der Waals surface area contributed by atoms with E-state index >= 15 is 0 Å². The third-order valence-corrected chi connectivity index (χ3v) is 9.82. The second kappa shape index (κ2) is 15.6. The highest BCUT2D eigenvalue weighted by atomic mass is 35.5. The van der Waals surface area contributed by atoms with Crippen LogP contribution in [0.5, 0.6) is 0 Å². The van der Waals surface area contributed by atoms with Crippen LogP contribution in [0, 0.1) is 13.8 Å².